The van der Waals surface area contributed by atoms with E-state index in [1.54, 1.807) is 24.3 Å². The van der Waals surface area contributed by atoms with Crippen molar-refractivity contribution in [3.63, 3.8) is 0 Å². The zero-order valence-corrected chi connectivity index (χ0v) is 17.3. The third kappa shape index (κ3) is 7.01. The lowest BCUT2D eigenvalue weighted by atomic mass is 10.2. The summed E-state index contributed by atoms with van der Waals surface area (Å²) in [5, 5.41) is 21.2. The highest BCUT2D eigenvalue weighted by molar-refractivity contribution is 5.85. The molecular formula is C19H24Cl2FN3O4. The number of hydrogen-bond donors (Lipinski definition) is 1. The van der Waals surface area contributed by atoms with E-state index in [0.29, 0.717) is 6.54 Å². The average Bonchev–Trinajstić information content (AvgIpc) is 2.68. The number of hydrogen-bond acceptors (Lipinski definition) is 6. The van der Waals surface area contributed by atoms with Crippen LogP contribution in [0.3, 0.4) is 0 Å². The SMILES string of the molecule is Cl.Cl.O=[N+]([O-])c1ccccc1OCC(O)CN1CCN(c2ccc(F)cc2)CC1. The minimum atomic E-state index is -0.748. The highest BCUT2D eigenvalue weighted by Crippen LogP contribution is 2.26. The standard InChI is InChI=1S/C19H22FN3O4.2ClH/c20-15-5-7-16(8-6-15)22-11-9-21(10-12-22)13-17(24)14-27-19-4-2-1-3-18(19)23(25)26;;/h1-8,17,24H,9-14H2;2*1H. The molecule has 0 aromatic heterocycles. The number of β-amino-alcohol motifs (C(OH)–C–C–N with tert-alkyl or cyclic N) is 1. The third-order valence-electron chi connectivity index (χ3n) is 4.53. The molecular weight excluding hydrogens is 424 g/mol. The predicted molar refractivity (Wildman–Crippen MR) is 114 cm³/mol. The van der Waals surface area contributed by atoms with E-state index in [4.69, 9.17) is 4.74 Å². The van der Waals surface area contributed by atoms with Gasteiger partial charge in [0.1, 0.15) is 18.5 Å². The minimum absolute atomic E-state index is 0. The van der Waals surface area contributed by atoms with E-state index in [0.717, 1.165) is 31.9 Å². The van der Waals surface area contributed by atoms with Crippen molar-refractivity contribution in [1.82, 2.24) is 4.90 Å². The van der Waals surface area contributed by atoms with Crippen LogP contribution in [0, 0.1) is 15.9 Å². The van der Waals surface area contributed by atoms with Crippen molar-refractivity contribution in [1.29, 1.82) is 0 Å². The molecule has 1 N–H and O–H groups in total. The molecule has 1 aliphatic rings. The van der Waals surface area contributed by atoms with Gasteiger partial charge in [0.15, 0.2) is 5.75 Å². The van der Waals surface area contributed by atoms with E-state index in [9.17, 15) is 19.6 Å². The van der Waals surface area contributed by atoms with Crippen molar-refractivity contribution in [2.24, 2.45) is 0 Å². The fourth-order valence-corrected chi connectivity index (χ4v) is 3.11. The monoisotopic (exact) mass is 447 g/mol. The number of nitro groups is 1. The molecule has 29 heavy (non-hydrogen) atoms. The van der Waals surface area contributed by atoms with Gasteiger partial charge in [-0.25, -0.2) is 4.39 Å². The highest BCUT2D eigenvalue weighted by atomic mass is 35.5. The number of piperazine rings is 1. The van der Waals surface area contributed by atoms with Gasteiger partial charge in [-0.05, 0) is 30.3 Å². The van der Waals surface area contributed by atoms with Crippen LogP contribution in [0.4, 0.5) is 15.8 Å². The first-order valence-corrected chi connectivity index (χ1v) is 8.80. The van der Waals surface area contributed by atoms with Crippen LogP contribution >= 0.6 is 24.8 Å². The van der Waals surface area contributed by atoms with Gasteiger partial charge < -0.3 is 14.7 Å². The summed E-state index contributed by atoms with van der Waals surface area (Å²) >= 11 is 0. The summed E-state index contributed by atoms with van der Waals surface area (Å²) in [4.78, 5) is 14.8. The Hall–Kier alpha value is -2.13. The van der Waals surface area contributed by atoms with Crippen LogP contribution in [0.2, 0.25) is 0 Å². The molecule has 160 valence electrons. The summed E-state index contributed by atoms with van der Waals surface area (Å²) in [6.45, 7) is 3.51. The maximum absolute atomic E-state index is 13.0. The smallest absolute Gasteiger partial charge is 0.310 e. The second-order valence-corrected chi connectivity index (χ2v) is 6.45. The zero-order valence-electron chi connectivity index (χ0n) is 15.6. The summed E-state index contributed by atoms with van der Waals surface area (Å²) in [6, 6.07) is 12.5. The quantitative estimate of drug-likeness (QED) is 0.518. The Morgan fingerprint density at radius 3 is 2.31 bits per heavy atom. The topological polar surface area (TPSA) is 79.1 Å². The number of aliphatic hydroxyl groups is 1. The van der Waals surface area contributed by atoms with E-state index in [2.05, 4.69) is 9.80 Å². The molecule has 1 fully saturated rings. The lowest BCUT2D eigenvalue weighted by Gasteiger charge is -2.36. The number of anilines is 1. The number of para-hydroxylation sites is 2. The number of benzene rings is 2. The van der Waals surface area contributed by atoms with Crippen LogP contribution in [-0.4, -0.2) is 60.4 Å². The Morgan fingerprint density at radius 2 is 1.69 bits per heavy atom. The average molecular weight is 448 g/mol. The Morgan fingerprint density at radius 1 is 1.07 bits per heavy atom. The van der Waals surface area contributed by atoms with Gasteiger partial charge >= 0.3 is 5.69 Å². The second kappa shape index (κ2) is 11.8. The molecule has 1 heterocycles. The zero-order chi connectivity index (χ0) is 19.2. The van der Waals surface area contributed by atoms with E-state index in [1.165, 1.54) is 24.3 Å². The fourth-order valence-electron chi connectivity index (χ4n) is 3.11. The van der Waals surface area contributed by atoms with Gasteiger partial charge in [0.25, 0.3) is 0 Å². The van der Waals surface area contributed by atoms with Gasteiger partial charge in [0.2, 0.25) is 0 Å². The first kappa shape index (κ1) is 24.9. The molecule has 0 radical (unpaired) electrons. The van der Waals surface area contributed by atoms with Crippen LogP contribution in [0.25, 0.3) is 0 Å². The van der Waals surface area contributed by atoms with Gasteiger partial charge in [0.05, 0.1) is 4.92 Å². The van der Waals surface area contributed by atoms with Crippen LogP contribution < -0.4 is 9.64 Å². The summed E-state index contributed by atoms with van der Waals surface area (Å²) in [7, 11) is 0. The number of nitrogens with zero attached hydrogens (tertiary/aromatic N) is 3. The molecule has 2 aromatic carbocycles. The van der Waals surface area contributed by atoms with Gasteiger partial charge in [-0.2, -0.15) is 0 Å². The van der Waals surface area contributed by atoms with Crippen LogP contribution in [0.5, 0.6) is 5.75 Å². The molecule has 0 bridgehead atoms. The minimum Gasteiger partial charge on any atom is -0.484 e. The maximum Gasteiger partial charge on any atom is 0.310 e. The lowest BCUT2D eigenvalue weighted by molar-refractivity contribution is -0.385. The normalized spacial score (nSPS) is 15.0. The van der Waals surface area contributed by atoms with Gasteiger partial charge in [-0.3, -0.25) is 15.0 Å². The molecule has 2 aromatic rings. The van der Waals surface area contributed by atoms with Gasteiger partial charge in [0, 0.05) is 44.5 Å². The predicted octanol–water partition coefficient (Wildman–Crippen LogP) is 3.14. The molecule has 7 nitrogen and oxygen atoms in total. The summed E-state index contributed by atoms with van der Waals surface area (Å²) in [5.74, 6) is -0.0955. The van der Waals surface area contributed by atoms with Crippen molar-refractivity contribution in [3.05, 3.63) is 64.5 Å². The number of rotatable bonds is 7. The maximum atomic E-state index is 13.0. The molecule has 0 saturated carbocycles. The van der Waals surface area contributed by atoms with E-state index in [-0.39, 0.29) is 48.7 Å². The molecule has 0 amide bonds. The van der Waals surface area contributed by atoms with Crippen molar-refractivity contribution < 1.29 is 19.2 Å². The van der Waals surface area contributed by atoms with E-state index in [1.807, 2.05) is 0 Å². The number of aliphatic hydroxyl groups excluding tert-OH is 1. The molecule has 10 heteroatoms. The first-order chi connectivity index (χ1) is 13.0. The van der Waals surface area contributed by atoms with Crippen molar-refractivity contribution in [3.8, 4) is 5.75 Å². The molecule has 1 aliphatic heterocycles. The molecule has 1 atom stereocenters. The Kier molecular flexibility index (Phi) is 10.1. The first-order valence-electron chi connectivity index (χ1n) is 8.80. The molecule has 1 unspecified atom stereocenters. The Labute approximate surface area is 181 Å². The number of ether oxygens (including phenoxy) is 1. The summed E-state index contributed by atoms with van der Waals surface area (Å²) in [5.41, 5.74) is 0.869. The van der Waals surface area contributed by atoms with Gasteiger partial charge in [-0.1, -0.05) is 12.1 Å². The molecule has 3 rings (SSSR count). The van der Waals surface area contributed by atoms with Crippen molar-refractivity contribution >= 4 is 36.2 Å². The van der Waals surface area contributed by atoms with Gasteiger partial charge in [-0.15, -0.1) is 24.8 Å². The van der Waals surface area contributed by atoms with Crippen molar-refractivity contribution in [2.45, 2.75) is 6.10 Å². The van der Waals surface area contributed by atoms with Crippen LogP contribution in [-0.2, 0) is 0 Å². The Bertz CT molecular complexity index is 774. The lowest BCUT2D eigenvalue weighted by Crippen LogP contribution is -2.49. The van der Waals surface area contributed by atoms with Crippen LogP contribution in [0.1, 0.15) is 0 Å². The second-order valence-electron chi connectivity index (χ2n) is 6.45. The Balaban J connectivity index is 0.00000210. The van der Waals surface area contributed by atoms with Crippen molar-refractivity contribution in [2.75, 3.05) is 44.2 Å². The largest absolute Gasteiger partial charge is 0.484 e. The highest BCUT2D eigenvalue weighted by Gasteiger charge is 2.21. The molecule has 0 spiro atoms. The summed E-state index contributed by atoms with van der Waals surface area (Å²) in [6.07, 6.45) is -0.748. The third-order valence-corrected chi connectivity index (χ3v) is 4.53. The number of nitro benzene ring substituents is 1. The molecule has 1 saturated heterocycles. The summed E-state index contributed by atoms with van der Waals surface area (Å²) < 4.78 is 18.5. The number of halogens is 3. The van der Waals surface area contributed by atoms with E-state index < -0.39 is 11.0 Å². The van der Waals surface area contributed by atoms with Crippen LogP contribution in [0.15, 0.2) is 48.5 Å². The van der Waals surface area contributed by atoms with E-state index >= 15 is 0 Å². The molecule has 0 aliphatic carbocycles. The fraction of sp³-hybridized carbons (Fsp3) is 0.368.